The Balaban J connectivity index is 1.67. The first-order chi connectivity index (χ1) is 16.7. The van der Waals surface area contributed by atoms with Gasteiger partial charge in [-0.25, -0.2) is 19.2 Å². The van der Waals surface area contributed by atoms with Gasteiger partial charge in [0.05, 0.1) is 5.56 Å². The average molecular weight is 482 g/mol. The van der Waals surface area contributed by atoms with Crippen molar-refractivity contribution in [2.24, 2.45) is 11.7 Å². The molecule has 1 aliphatic rings. The fourth-order valence-electron chi connectivity index (χ4n) is 4.20. The first kappa shape index (κ1) is 25.9. The third-order valence-electron chi connectivity index (χ3n) is 5.76. The molecule has 0 radical (unpaired) electrons. The fraction of sp³-hybridized carbons (Fsp3) is 0.385. The van der Waals surface area contributed by atoms with Gasteiger partial charge in [-0.1, -0.05) is 50.2 Å². The number of hydrogen-bond donors (Lipinski definition) is 2. The summed E-state index contributed by atoms with van der Waals surface area (Å²) in [5, 5.41) is 3.17. The maximum absolute atomic E-state index is 12.8. The highest BCUT2D eigenvalue weighted by Gasteiger charge is 2.43. The summed E-state index contributed by atoms with van der Waals surface area (Å²) in [7, 11) is 0. The van der Waals surface area contributed by atoms with Crippen LogP contribution in [0, 0.1) is 5.92 Å². The molecule has 186 valence electrons. The highest BCUT2D eigenvalue weighted by Crippen LogP contribution is 2.28. The normalized spacial score (nSPS) is 17.1. The maximum Gasteiger partial charge on any atom is 0.338 e. The Kier molecular flexibility index (Phi) is 8.59. The lowest BCUT2D eigenvalue weighted by Gasteiger charge is -2.28. The number of nitrogens with one attached hydrogen (secondary N) is 1. The van der Waals surface area contributed by atoms with Crippen molar-refractivity contribution in [3.05, 3.63) is 65.7 Å². The monoisotopic (exact) mass is 481 g/mol. The summed E-state index contributed by atoms with van der Waals surface area (Å²) in [5.41, 5.74) is 5.79. The van der Waals surface area contributed by atoms with Crippen LogP contribution < -0.4 is 16.0 Å². The smallest absolute Gasteiger partial charge is 0.338 e. The van der Waals surface area contributed by atoms with Crippen molar-refractivity contribution in [3.63, 3.8) is 0 Å². The zero-order chi connectivity index (χ0) is 25.4. The molecule has 0 aromatic heterocycles. The molecule has 1 atom stereocenters. The van der Waals surface area contributed by atoms with Crippen molar-refractivity contribution in [2.75, 3.05) is 18.0 Å². The maximum atomic E-state index is 12.8. The van der Waals surface area contributed by atoms with E-state index >= 15 is 0 Å². The van der Waals surface area contributed by atoms with Gasteiger partial charge in [0.2, 0.25) is 0 Å². The molecule has 0 saturated carbocycles. The molecule has 1 unspecified atom stereocenters. The van der Waals surface area contributed by atoms with E-state index in [2.05, 4.69) is 5.32 Å². The SMILES string of the molecule is CC(C)CC1(C(=O)OC(=O)CN(C(N)=O)c2cccc(C(=O)OCc3ccccc3)c2)CCCN1. The van der Waals surface area contributed by atoms with Gasteiger partial charge in [0.25, 0.3) is 0 Å². The second-order valence-electron chi connectivity index (χ2n) is 9.01. The zero-order valence-electron chi connectivity index (χ0n) is 20.0. The number of benzene rings is 2. The molecule has 3 rings (SSSR count). The van der Waals surface area contributed by atoms with Crippen molar-refractivity contribution >= 4 is 29.6 Å². The van der Waals surface area contributed by atoms with Crippen molar-refractivity contribution in [2.45, 2.75) is 45.3 Å². The Labute approximate surface area is 204 Å². The molecule has 9 nitrogen and oxygen atoms in total. The second kappa shape index (κ2) is 11.6. The van der Waals surface area contributed by atoms with Crippen LogP contribution >= 0.6 is 0 Å². The molecule has 1 heterocycles. The third-order valence-corrected chi connectivity index (χ3v) is 5.76. The van der Waals surface area contributed by atoms with Crippen LogP contribution in [0.15, 0.2) is 54.6 Å². The van der Waals surface area contributed by atoms with Gasteiger partial charge >= 0.3 is 23.9 Å². The largest absolute Gasteiger partial charge is 0.457 e. The van der Waals surface area contributed by atoms with Crippen LogP contribution in [-0.4, -0.2) is 42.6 Å². The first-order valence-electron chi connectivity index (χ1n) is 11.6. The molecule has 2 aromatic rings. The van der Waals surface area contributed by atoms with E-state index in [0.29, 0.717) is 19.4 Å². The lowest BCUT2D eigenvalue weighted by atomic mass is 9.87. The summed E-state index contributed by atoms with van der Waals surface area (Å²) in [6.45, 7) is 4.15. The fourth-order valence-corrected chi connectivity index (χ4v) is 4.20. The van der Waals surface area contributed by atoms with E-state index in [-0.39, 0.29) is 23.8 Å². The number of hydrogen-bond acceptors (Lipinski definition) is 7. The molecule has 35 heavy (non-hydrogen) atoms. The summed E-state index contributed by atoms with van der Waals surface area (Å²) in [4.78, 5) is 51.0. The number of anilines is 1. The number of rotatable bonds is 9. The van der Waals surface area contributed by atoms with Crippen LogP contribution in [0.4, 0.5) is 10.5 Å². The molecule has 0 bridgehead atoms. The minimum atomic E-state index is -0.930. The summed E-state index contributed by atoms with van der Waals surface area (Å²) in [5.74, 6) is -1.95. The number of carbonyl (C=O) groups is 4. The van der Waals surface area contributed by atoms with E-state index in [1.807, 2.05) is 44.2 Å². The van der Waals surface area contributed by atoms with Crippen LogP contribution in [0.3, 0.4) is 0 Å². The number of carbonyl (C=O) groups excluding carboxylic acids is 4. The number of nitrogens with zero attached hydrogens (tertiary/aromatic N) is 1. The Bertz CT molecular complexity index is 1060. The van der Waals surface area contributed by atoms with Crippen molar-refractivity contribution in [1.29, 1.82) is 0 Å². The topological polar surface area (TPSA) is 128 Å². The molecule has 2 aromatic carbocycles. The van der Waals surface area contributed by atoms with Crippen molar-refractivity contribution in [3.8, 4) is 0 Å². The summed E-state index contributed by atoms with van der Waals surface area (Å²) < 4.78 is 10.5. The van der Waals surface area contributed by atoms with Gasteiger partial charge in [-0.3, -0.25) is 4.90 Å². The number of ether oxygens (including phenoxy) is 2. The Morgan fingerprint density at radius 3 is 2.46 bits per heavy atom. The molecule has 0 spiro atoms. The van der Waals surface area contributed by atoms with Crippen LogP contribution in [0.25, 0.3) is 0 Å². The van der Waals surface area contributed by atoms with E-state index < -0.39 is 36.0 Å². The number of nitrogens with two attached hydrogens (primary N) is 1. The molecule has 0 aliphatic carbocycles. The quantitative estimate of drug-likeness (QED) is 0.416. The summed E-state index contributed by atoms with van der Waals surface area (Å²) >= 11 is 0. The molecule has 2 amide bonds. The van der Waals surface area contributed by atoms with Gasteiger partial charge in [0.15, 0.2) is 0 Å². The Morgan fingerprint density at radius 2 is 1.83 bits per heavy atom. The lowest BCUT2D eigenvalue weighted by molar-refractivity contribution is -0.163. The zero-order valence-corrected chi connectivity index (χ0v) is 20.0. The first-order valence-corrected chi connectivity index (χ1v) is 11.6. The van der Waals surface area contributed by atoms with Gasteiger partial charge in [-0.15, -0.1) is 0 Å². The molecule has 3 N–H and O–H groups in total. The van der Waals surface area contributed by atoms with Crippen LogP contribution in [0.2, 0.25) is 0 Å². The molecule has 9 heteroatoms. The molecule has 1 aliphatic heterocycles. The van der Waals surface area contributed by atoms with E-state index in [4.69, 9.17) is 15.2 Å². The highest BCUT2D eigenvalue weighted by molar-refractivity contribution is 6.00. The lowest BCUT2D eigenvalue weighted by Crippen LogP contribution is -2.51. The predicted octanol–water partition coefficient (Wildman–Crippen LogP) is 3.17. The van der Waals surface area contributed by atoms with Gasteiger partial charge in [0, 0.05) is 5.69 Å². The molecular weight excluding hydrogens is 450 g/mol. The highest BCUT2D eigenvalue weighted by atomic mass is 16.6. The van der Waals surface area contributed by atoms with Crippen LogP contribution in [-0.2, 0) is 25.7 Å². The van der Waals surface area contributed by atoms with E-state index in [0.717, 1.165) is 16.9 Å². The van der Waals surface area contributed by atoms with Crippen LogP contribution in [0.1, 0.15) is 49.0 Å². The van der Waals surface area contributed by atoms with Gasteiger partial charge < -0.3 is 20.5 Å². The summed E-state index contributed by atoms with van der Waals surface area (Å²) in [6, 6.07) is 14.3. The Morgan fingerprint density at radius 1 is 1.09 bits per heavy atom. The standard InChI is InChI=1S/C26H31N3O6/c1-18(2)15-26(12-7-13-28-26)24(32)35-22(30)16-29(25(27)33)21-11-6-10-20(14-21)23(31)34-17-19-8-4-3-5-9-19/h3-6,8-11,14,18,28H,7,12-13,15-17H2,1-2H3,(H2,27,33). The molecule has 1 saturated heterocycles. The van der Waals surface area contributed by atoms with Crippen LogP contribution in [0.5, 0.6) is 0 Å². The minimum absolute atomic E-state index is 0.0873. The summed E-state index contributed by atoms with van der Waals surface area (Å²) in [6.07, 6.45) is 1.91. The van der Waals surface area contributed by atoms with Gasteiger partial charge in [0.1, 0.15) is 18.7 Å². The van der Waals surface area contributed by atoms with E-state index in [1.54, 1.807) is 6.07 Å². The minimum Gasteiger partial charge on any atom is -0.457 e. The van der Waals surface area contributed by atoms with E-state index in [9.17, 15) is 19.2 Å². The van der Waals surface area contributed by atoms with Gasteiger partial charge in [-0.05, 0) is 55.5 Å². The predicted molar refractivity (Wildman–Crippen MR) is 129 cm³/mol. The molecular formula is C26H31N3O6. The number of primary amides is 1. The van der Waals surface area contributed by atoms with Crippen molar-refractivity contribution < 1.29 is 28.7 Å². The number of amides is 2. The van der Waals surface area contributed by atoms with Crippen molar-refractivity contribution in [1.82, 2.24) is 5.32 Å². The third kappa shape index (κ3) is 6.89. The average Bonchev–Trinajstić information content (AvgIpc) is 3.30. The second-order valence-corrected chi connectivity index (χ2v) is 9.01. The molecule has 1 fully saturated rings. The number of esters is 3. The Hall–Kier alpha value is -3.72. The number of urea groups is 1. The van der Waals surface area contributed by atoms with E-state index in [1.165, 1.54) is 18.2 Å². The van der Waals surface area contributed by atoms with Gasteiger partial charge in [-0.2, -0.15) is 0 Å².